The van der Waals surface area contributed by atoms with Crippen LogP contribution in [-0.4, -0.2) is 15.6 Å². The number of aromatic carboxylic acids is 1. The molecule has 0 saturated heterocycles. The van der Waals surface area contributed by atoms with E-state index in [1.165, 1.54) is 41.1 Å². The first kappa shape index (κ1) is 15.9. The summed E-state index contributed by atoms with van der Waals surface area (Å²) in [4.78, 5) is 22.8. The summed E-state index contributed by atoms with van der Waals surface area (Å²) in [5, 5.41) is 8.88. The van der Waals surface area contributed by atoms with E-state index in [4.69, 9.17) is 5.11 Å². The first-order chi connectivity index (χ1) is 11.4. The fourth-order valence-electron chi connectivity index (χ4n) is 2.71. The zero-order valence-corrected chi connectivity index (χ0v) is 12.7. The van der Waals surface area contributed by atoms with Gasteiger partial charge in [-0.1, -0.05) is 12.1 Å². The second-order valence-electron chi connectivity index (χ2n) is 5.29. The number of benzene rings is 2. The van der Waals surface area contributed by atoms with Crippen molar-refractivity contribution in [3.05, 3.63) is 70.0 Å². The molecule has 3 aromatic rings. The number of hydrogen-bond acceptors (Lipinski definition) is 2. The van der Waals surface area contributed by atoms with Crippen LogP contribution in [0.5, 0.6) is 0 Å². The van der Waals surface area contributed by atoms with Gasteiger partial charge in [-0.2, -0.15) is 0 Å². The number of fused-ring (bicyclic) bond motifs is 1. The smallest absolute Gasteiger partial charge is 0.335 e. The summed E-state index contributed by atoms with van der Waals surface area (Å²) >= 11 is 0. The summed E-state index contributed by atoms with van der Waals surface area (Å²) in [6, 6.07) is 7.53. The monoisotopic (exact) mass is 329 g/mol. The van der Waals surface area contributed by atoms with Crippen LogP contribution in [0.3, 0.4) is 0 Å². The van der Waals surface area contributed by atoms with Crippen molar-refractivity contribution in [2.75, 3.05) is 0 Å². The Kier molecular flexibility index (Phi) is 3.89. The molecule has 0 bridgehead atoms. The van der Waals surface area contributed by atoms with Crippen molar-refractivity contribution in [3.63, 3.8) is 0 Å². The van der Waals surface area contributed by atoms with Gasteiger partial charge in [0.05, 0.1) is 22.0 Å². The van der Waals surface area contributed by atoms with Crippen LogP contribution in [0.25, 0.3) is 22.0 Å². The van der Waals surface area contributed by atoms with Gasteiger partial charge in [0.2, 0.25) is 0 Å². The van der Waals surface area contributed by atoms with Gasteiger partial charge in [0.25, 0.3) is 0 Å². The van der Waals surface area contributed by atoms with Gasteiger partial charge in [-0.15, -0.1) is 0 Å². The van der Waals surface area contributed by atoms with Gasteiger partial charge in [-0.3, -0.25) is 4.79 Å². The van der Waals surface area contributed by atoms with E-state index in [-0.39, 0.29) is 27.6 Å². The Morgan fingerprint density at radius 3 is 2.42 bits per heavy atom. The van der Waals surface area contributed by atoms with E-state index in [1.807, 2.05) is 0 Å². The third kappa shape index (κ3) is 2.46. The van der Waals surface area contributed by atoms with Crippen molar-refractivity contribution in [1.82, 2.24) is 4.57 Å². The molecule has 1 heterocycles. The SMILES string of the molecule is CCn1ccc(=O)c2cc(F)c(-c3ccc(C(=O)O)cc3)c(F)c21. The first-order valence-corrected chi connectivity index (χ1v) is 7.29. The number of aromatic nitrogens is 1. The lowest BCUT2D eigenvalue weighted by Gasteiger charge is -2.13. The average Bonchev–Trinajstić information content (AvgIpc) is 2.56. The highest BCUT2D eigenvalue weighted by molar-refractivity contribution is 5.89. The average molecular weight is 329 g/mol. The fraction of sp³-hybridized carbons (Fsp3) is 0.111. The van der Waals surface area contributed by atoms with Gasteiger partial charge in [0, 0.05) is 18.8 Å². The number of pyridine rings is 1. The van der Waals surface area contributed by atoms with Gasteiger partial charge >= 0.3 is 5.97 Å². The van der Waals surface area contributed by atoms with Crippen molar-refractivity contribution in [2.24, 2.45) is 0 Å². The molecule has 6 heteroatoms. The molecule has 1 aromatic heterocycles. The van der Waals surface area contributed by atoms with Crippen molar-refractivity contribution >= 4 is 16.9 Å². The number of nitrogens with zero attached hydrogens (tertiary/aromatic N) is 1. The van der Waals surface area contributed by atoms with Crippen LogP contribution >= 0.6 is 0 Å². The Balaban J connectivity index is 2.32. The second-order valence-corrected chi connectivity index (χ2v) is 5.29. The molecule has 0 radical (unpaired) electrons. The molecular weight excluding hydrogens is 316 g/mol. The number of halogens is 2. The third-order valence-electron chi connectivity index (χ3n) is 3.91. The summed E-state index contributed by atoms with van der Waals surface area (Å²) in [5.41, 5.74) is -0.488. The molecule has 0 unspecified atom stereocenters. The lowest BCUT2D eigenvalue weighted by Crippen LogP contribution is -2.10. The standard InChI is InChI=1S/C18H13F2NO3/c1-2-21-8-7-14(22)12-9-13(19)15(16(20)17(12)21)10-3-5-11(6-4-10)18(23)24/h3-9H,2H2,1H3,(H,23,24). The van der Waals surface area contributed by atoms with E-state index in [0.29, 0.717) is 6.54 Å². The first-order valence-electron chi connectivity index (χ1n) is 7.29. The van der Waals surface area contributed by atoms with E-state index in [2.05, 4.69) is 0 Å². The summed E-state index contributed by atoms with van der Waals surface area (Å²) < 4.78 is 31.0. The summed E-state index contributed by atoms with van der Waals surface area (Å²) in [6.07, 6.45) is 1.46. The molecule has 0 saturated carbocycles. The molecule has 24 heavy (non-hydrogen) atoms. The van der Waals surface area contributed by atoms with Crippen molar-refractivity contribution < 1.29 is 18.7 Å². The van der Waals surface area contributed by atoms with Crippen LogP contribution in [0.2, 0.25) is 0 Å². The Morgan fingerprint density at radius 1 is 1.17 bits per heavy atom. The quantitative estimate of drug-likeness (QED) is 0.798. The largest absolute Gasteiger partial charge is 0.478 e. The van der Waals surface area contributed by atoms with Crippen LogP contribution in [0, 0.1) is 11.6 Å². The number of carbonyl (C=O) groups is 1. The molecule has 0 atom stereocenters. The van der Waals surface area contributed by atoms with Gasteiger partial charge in [-0.25, -0.2) is 13.6 Å². The van der Waals surface area contributed by atoms with Crippen LogP contribution in [0.1, 0.15) is 17.3 Å². The predicted molar refractivity (Wildman–Crippen MR) is 86.2 cm³/mol. The molecule has 1 N–H and O–H groups in total. The lowest BCUT2D eigenvalue weighted by molar-refractivity contribution is 0.0697. The number of carboxylic acids is 1. The van der Waals surface area contributed by atoms with Gasteiger partial charge in [-0.05, 0) is 30.7 Å². The summed E-state index contributed by atoms with van der Waals surface area (Å²) in [6.45, 7) is 2.20. The predicted octanol–water partition coefficient (Wildman–Crippen LogP) is 3.66. The highest BCUT2D eigenvalue weighted by atomic mass is 19.1. The van der Waals surface area contributed by atoms with Crippen molar-refractivity contribution in [2.45, 2.75) is 13.5 Å². The second kappa shape index (κ2) is 5.88. The highest BCUT2D eigenvalue weighted by Crippen LogP contribution is 2.31. The van der Waals surface area contributed by atoms with Crippen LogP contribution in [0.4, 0.5) is 8.78 Å². The zero-order chi connectivity index (χ0) is 17.4. The zero-order valence-electron chi connectivity index (χ0n) is 12.7. The normalized spacial score (nSPS) is 11.0. The molecule has 0 spiro atoms. The third-order valence-corrected chi connectivity index (χ3v) is 3.91. The van der Waals surface area contributed by atoms with Crippen LogP contribution in [-0.2, 0) is 6.54 Å². The maximum Gasteiger partial charge on any atom is 0.335 e. The van der Waals surface area contributed by atoms with Crippen molar-refractivity contribution in [1.29, 1.82) is 0 Å². The molecule has 0 aliphatic heterocycles. The van der Waals surface area contributed by atoms with Gasteiger partial charge in [0.1, 0.15) is 5.82 Å². The molecule has 2 aromatic carbocycles. The van der Waals surface area contributed by atoms with E-state index in [0.717, 1.165) is 6.07 Å². The lowest BCUT2D eigenvalue weighted by atomic mass is 10.00. The molecule has 4 nitrogen and oxygen atoms in total. The summed E-state index contributed by atoms with van der Waals surface area (Å²) in [7, 11) is 0. The van der Waals surface area contributed by atoms with Crippen molar-refractivity contribution in [3.8, 4) is 11.1 Å². The number of hydrogen-bond donors (Lipinski definition) is 1. The Morgan fingerprint density at radius 2 is 1.83 bits per heavy atom. The topological polar surface area (TPSA) is 59.3 Å². The van der Waals surface area contributed by atoms with E-state index in [1.54, 1.807) is 6.92 Å². The molecular formula is C18H13F2NO3. The van der Waals surface area contributed by atoms with E-state index in [9.17, 15) is 18.4 Å². The fourth-order valence-corrected chi connectivity index (χ4v) is 2.71. The van der Waals surface area contributed by atoms with E-state index < -0.39 is 23.0 Å². The van der Waals surface area contributed by atoms with Crippen LogP contribution < -0.4 is 5.43 Å². The number of carboxylic acid groups (broad SMARTS) is 1. The maximum atomic E-state index is 15.0. The molecule has 0 fully saturated rings. The highest BCUT2D eigenvalue weighted by Gasteiger charge is 2.19. The molecule has 122 valence electrons. The maximum absolute atomic E-state index is 15.0. The number of aryl methyl sites for hydroxylation is 1. The molecule has 0 aliphatic carbocycles. The minimum absolute atomic E-state index is 0.0193. The molecule has 0 aliphatic rings. The van der Waals surface area contributed by atoms with E-state index >= 15 is 0 Å². The minimum atomic E-state index is -1.12. The van der Waals surface area contributed by atoms with Gasteiger partial charge < -0.3 is 9.67 Å². The molecule has 3 rings (SSSR count). The Bertz CT molecular complexity index is 1010. The van der Waals surface area contributed by atoms with Gasteiger partial charge in [0.15, 0.2) is 11.2 Å². The summed E-state index contributed by atoms with van der Waals surface area (Å²) in [5.74, 6) is -2.83. The molecule has 0 amide bonds. The Labute approximate surface area is 135 Å². The van der Waals surface area contributed by atoms with Crippen LogP contribution in [0.15, 0.2) is 47.4 Å². The Hall–Kier alpha value is -3.02. The number of rotatable bonds is 3. The minimum Gasteiger partial charge on any atom is -0.478 e.